The van der Waals surface area contributed by atoms with Crippen LogP contribution in [0.2, 0.25) is 0 Å². The van der Waals surface area contributed by atoms with Crippen LogP contribution < -0.4 is 10.5 Å². The fourth-order valence-electron chi connectivity index (χ4n) is 1.91. The van der Waals surface area contributed by atoms with Crippen molar-refractivity contribution in [2.24, 2.45) is 5.92 Å². The first-order valence-corrected chi connectivity index (χ1v) is 6.23. The van der Waals surface area contributed by atoms with Crippen molar-refractivity contribution in [3.05, 3.63) is 42.1 Å². The van der Waals surface area contributed by atoms with Crippen molar-refractivity contribution in [1.29, 1.82) is 5.26 Å². The molecule has 1 heterocycles. The third-order valence-electron chi connectivity index (χ3n) is 2.70. The summed E-state index contributed by atoms with van der Waals surface area (Å²) in [5.41, 5.74) is 6.96. The van der Waals surface area contributed by atoms with Crippen LogP contribution in [-0.4, -0.2) is 4.57 Å². The number of nitriles is 1. The van der Waals surface area contributed by atoms with Gasteiger partial charge in [-0.15, -0.1) is 0 Å². The molecule has 2 aromatic rings. The summed E-state index contributed by atoms with van der Waals surface area (Å²) >= 11 is 0. The lowest BCUT2D eigenvalue weighted by molar-refractivity contribution is 0.405. The van der Waals surface area contributed by atoms with Gasteiger partial charge in [0.25, 0.3) is 0 Å². The molecule has 4 heteroatoms. The van der Waals surface area contributed by atoms with Gasteiger partial charge in [-0.25, -0.2) is 0 Å². The van der Waals surface area contributed by atoms with Crippen molar-refractivity contribution in [3.63, 3.8) is 0 Å². The van der Waals surface area contributed by atoms with Gasteiger partial charge in [0, 0.05) is 12.6 Å². The molecule has 0 bridgehead atoms. The fraction of sp³-hybridized carbons (Fsp3) is 0.267. The largest absolute Gasteiger partial charge is 0.439 e. The zero-order chi connectivity index (χ0) is 13.8. The van der Waals surface area contributed by atoms with Crippen molar-refractivity contribution >= 4 is 5.69 Å². The molecule has 0 atom stereocenters. The van der Waals surface area contributed by atoms with E-state index in [9.17, 15) is 0 Å². The monoisotopic (exact) mass is 255 g/mol. The normalized spacial score (nSPS) is 10.4. The van der Waals surface area contributed by atoms with E-state index in [1.165, 1.54) is 0 Å². The van der Waals surface area contributed by atoms with E-state index < -0.39 is 0 Å². The van der Waals surface area contributed by atoms with E-state index in [-0.39, 0.29) is 0 Å². The number of rotatable bonds is 4. The summed E-state index contributed by atoms with van der Waals surface area (Å²) in [6.45, 7) is 4.87. The minimum atomic E-state index is 0.400. The third kappa shape index (κ3) is 2.89. The van der Waals surface area contributed by atoms with Gasteiger partial charge in [-0.2, -0.15) is 5.26 Å². The summed E-state index contributed by atoms with van der Waals surface area (Å²) in [5.74, 6) is 1.65. The molecule has 0 aliphatic carbocycles. The Balaban J connectivity index is 2.39. The topological polar surface area (TPSA) is 64.0 Å². The molecule has 0 amide bonds. The minimum Gasteiger partial charge on any atom is -0.439 e. The quantitative estimate of drug-likeness (QED) is 0.910. The van der Waals surface area contributed by atoms with Crippen molar-refractivity contribution in [1.82, 2.24) is 4.57 Å². The number of hydrogen-bond acceptors (Lipinski definition) is 3. The van der Waals surface area contributed by atoms with Crippen LogP contribution >= 0.6 is 0 Å². The maximum atomic E-state index is 9.15. The molecule has 2 N–H and O–H groups in total. The smallest absolute Gasteiger partial charge is 0.224 e. The highest BCUT2D eigenvalue weighted by atomic mass is 16.5. The number of hydrogen-bond donors (Lipinski definition) is 1. The van der Waals surface area contributed by atoms with Crippen LogP contribution in [-0.2, 0) is 6.54 Å². The number of benzene rings is 1. The summed E-state index contributed by atoms with van der Waals surface area (Å²) in [6, 6.07) is 13.2. The summed E-state index contributed by atoms with van der Waals surface area (Å²) in [4.78, 5) is 0. The van der Waals surface area contributed by atoms with Gasteiger partial charge in [0.1, 0.15) is 17.5 Å². The molecule has 0 unspecified atom stereocenters. The SMILES string of the molecule is CC(C)Cn1c(C#N)cc(N)c1Oc1ccccc1. The van der Waals surface area contributed by atoms with Crippen LogP contribution in [0.25, 0.3) is 0 Å². The van der Waals surface area contributed by atoms with Gasteiger partial charge < -0.3 is 15.0 Å². The number of anilines is 1. The molecular weight excluding hydrogens is 238 g/mol. The highest BCUT2D eigenvalue weighted by molar-refractivity contribution is 5.56. The molecule has 19 heavy (non-hydrogen) atoms. The second-order valence-electron chi connectivity index (χ2n) is 4.82. The number of nitrogens with two attached hydrogens (primary N) is 1. The number of nitrogens with zero attached hydrogens (tertiary/aromatic N) is 2. The Hall–Kier alpha value is -2.41. The van der Waals surface area contributed by atoms with Gasteiger partial charge in [-0.3, -0.25) is 0 Å². The maximum Gasteiger partial charge on any atom is 0.224 e. The molecule has 0 radical (unpaired) electrons. The molecule has 1 aromatic carbocycles. The van der Waals surface area contributed by atoms with Gasteiger partial charge >= 0.3 is 0 Å². The zero-order valence-electron chi connectivity index (χ0n) is 11.1. The first-order valence-electron chi connectivity index (χ1n) is 6.23. The van der Waals surface area contributed by atoms with E-state index in [0.29, 0.717) is 35.5 Å². The Labute approximate surface area is 113 Å². The van der Waals surface area contributed by atoms with Crippen LogP contribution in [0.5, 0.6) is 11.6 Å². The van der Waals surface area contributed by atoms with Gasteiger partial charge in [-0.05, 0) is 18.1 Å². The van der Waals surface area contributed by atoms with Crippen molar-refractivity contribution < 1.29 is 4.74 Å². The number of para-hydroxylation sites is 1. The van der Waals surface area contributed by atoms with Crippen LogP contribution in [0.1, 0.15) is 19.5 Å². The van der Waals surface area contributed by atoms with Crippen LogP contribution in [0, 0.1) is 17.2 Å². The molecule has 1 aromatic heterocycles. The van der Waals surface area contributed by atoms with E-state index in [4.69, 9.17) is 15.7 Å². The number of aromatic nitrogens is 1. The van der Waals surface area contributed by atoms with Crippen LogP contribution in [0.4, 0.5) is 5.69 Å². The molecule has 0 fully saturated rings. The lowest BCUT2D eigenvalue weighted by Gasteiger charge is -2.14. The Morgan fingerprint density at radius 3 is 2.58 bits per heavy atom. The third-order valence-corrected chi connectivity index (χ3v) is 2.70. The van der Waals surface area contributed by atoms with E-state index in [0.717, 1.165) is 0 Å². The molecule has 0 saturated heterocycles. The molecule has 0 saturated carbocycles. The zero-order valence-corrected chi connectivity index (χ0v) is 11.1. The Morgan fingerprint density at radius 1 is 1.32 bits per heavy atom. The Bertz CT molecular complexity index is 594. The van der Waals surface area contributed by atoms with Crippen molar-refractivity contribution in [2.75, 3.05) is 5.73 Å². The number of ether oxygens (including phenoxy) is 1. The second-order valence-corrected chi connectivity index (χ2v) is 4.82. The molecule has 98 valence electrons. The van der Waals surface area contributed by atoms with Gasteiger partial charge in [0.05, 0.1) is 5.69 Å². The Morgan fingerprint density at radius 2 is 2.00 bits per heavy atom. The summed E-state index contributed by atoms with van der Waals surface area (Å²) < 4.78 is 7.64. The lowest BCUT2D eigenvalue weighted by atomic mass is 10.2. The fourth-order valence-corrected chi connectivity index (χ4v) is 1.91. The highest BCUT2D eigenvalue weighted by Gasteiger charge is 2.16. The van der Waals surface area contributed by atoms with Crippen LogP contribution in [0.3, 0.4) is 0 Å². The molecule has 0 spiro atoms. The van der Waals surface area contributed by atoms with E-state index >= 15 is 0 Å². The lowest BCUT2D eigenvalue weighted by Crippen LogP contribution is -2.08. The molecule has 2 rings (SSSR count). The van der Waals surface area contributed by atoms with Crippen molar-refractivity contribution in [2.45, 2.75) is 20.4 Å². The first-order chi connectivity index (χ1) is 9.11. The summed E-state index contributed by atoms with van der Waals surface area (Å²) in [5, 5.41) is 9.15. The highest BCUT2D eigenvalue weighted by Crippen LogP contribution is 2.31. The molecular formula is C15H17N3O. The molecule has 0 aliphatic rings. The van der Waals surface area contributed by atoms with E-state index in [1.54, 1.807) is 6.07 Å². The first kappa shape index (κ1) is 13.0. The standard InChI is InChI=1S/C15H17N3O/c1-11(2)10-18-12(9-16)8-14(17)15(18)19-13-6-4-3-5-7-13/h3-8,11H,10,17H2,1-2H3. The van der Waals surface area contributed by atoms with E-state index in [1.807, 2.05) is 34.9 Å². The maximum absolute atomic E-state index is 9.15. The number of nitrogen functional groups attached to an aromatic ring is 1. The average molecular weight is 255 g/mol. The van der Waals surface area contributed by atoms with Gasteiger partial charge in [-0.1, -0.05) is 32.0 Å². The van der Waals surface area contributed by atoms with Gasteiger partial charge in [0.15, 0.2) is 0 Å². The molecule has 0 aliphatic heterocycles. The van der Waals surface area contributed by atoms with Crippen LogP contribution in [0.15, 0.2) is 36.4 Å². The summed E-state index contributed by atoms with van der Waals surface area (Å²) in [7, 11) is 0. The predicted molar refractivity (Wildman–Crippen MR) is 74.9 cm³/mol. The second kappa shape index (κ2) is 5.49. The minimum absolute atomic E-state index is 0.400. The average Bonchev–Trinajstić information content (AvgIpc) is 2.67. The summed E-state index contributed by atoms with van der Waals surface area (Å²) in [6.07, 6.45) is 0. The van der Waals surface area contributed by atoms with Crippen molar-refractivity contribution in [3.8, 4) is 17.7 Å². The Kier molecular flexibility index (Phi) is 3.76. The molecule has 4 nitrogen and oxygen atoms in total. The predicted octanol–water partition coefficient (Wildman–Crippen LogP) is 3.39. The van der Waals surface area contributed by atoms with Gasteiger partial charge in [0.2, 0.25) is 5.88 Å². The van der Waals surface area contributed by atoms with E-state index in [2.05, 4.69) is 19.9 Å².